The molecule has 1 fully saturated rings. The molecule has 0 saturated carbocycles. The highest BCUT2D eigenvalue weighted by Crippen LogP contribution is 2.21. The third-order valence-corrected chi connectivity index (χ3v) is 4.73. The van der Waals surface area contributed by atoms with Gasteiger partial charge in [0, 0.05) is 6.54 Å². The van der Waals surface area contributed by atoms with Gasteiger partial charge in [-0.15, -0.1) is 0 Å². The number of hydrogen-bond acceptors (Lipinski definition) is 2. The Morgan fingerprint density at radius 3 is 2.29 bits per heavy atom. The zero-order valence-electron chi connectivity index (χ0n) is 13.9. The predicted octanol–water partition coefficient (Wildman–Crippen LogP) is 3.85. The van der Waals surface area contributed by atoms with E-state index in [-0.39, 0.29) is 0 Å². The van der Waals surface area contributed by atoms with Gasteiger partial charge >= 0.3 is 0 Å². The van der Waals surface area contributed by atoms with Crippen LogP contribution in [0.3, 0.4) is 0 Å². The highest BCUT2D eigenvalue weighted by Gasteiger charge is 2.17. The second-order valence-corrected chi connectivity index (χ2v) is 6.44. The number of hydrogen-bond donors (Lipinski definition) is 1. The van der Waals surface area contributed by atoms with E-state index in [1.807, 2.05) is 0 Å². The van der Waals surface area contributed by atoms with Gasteiger partial charge in [-0.05, 0) is 68.9 Å². The molecule has 21 heavy (non-hydrogen) atoms. The highest BCUT2D eigenvalue weighted by molar-refractivity contribution is 5.22. The van der Waals surface area contributed by atoms with Crippen LogP contribution in [-0.2, 0) is 13.0 Å². The first-order valence-electron chi connectivity index (χ1n) is 8.82. The zero-order valence-corrected chi connectivity index (χ0v) is 13.9. The Labute approximate surface area is 130 Å². The van der Waals surface area contributed by atoms with Gasteiger partial charge < -0.3 is 5.32 Å². The van der Waals surface area contributed by atoms with Crippen LogP contribution < -0.4 is 5.32 Å². The Morgan fingerprint density at radius 2 is 1.67 bits per heavy atom. The third kappa shape index (κ3) is 5.80. The van der Waals surface area contributed by atoms with Gasteiger partial charge in [-0.3, -0.25) is 4.90 Å². The molecule has 2 heteroatoms. The molecule has 1 aromatic rings. The average molecular weight is 288 g/mol. The van der Waals surface area contributed by atoms with Crippen molar-refractivity contribution >= 4 is 0 Å². The van der Waals surface area contributed by atoms with Crippen LogP contribution in [-0.4, -0.2) is 31.1 Å². The molecule has 1 N–H and O–H groups in total. The first-order valence-corrected chi connectivity index (χ1v) is 8.82. The van der Waals surface area contributed by atoms with Gasteiger partial charge in [0.2, 0.25) is 0 Å². The summed E-state index contributed by atoms with van der Waals surface area (Å²) in [6, 6.07) is 9.26. The van der Waals surface area contributed by atoms with E-state index < -0.39 is 0 Å². The summed E-state index contributed by atoms with van der Waals surface area (Å²) in [6.07, 6.45) is 6.49. The largest absolute Gasteiger partial charge is 0.316 e. The maximum absolute atomic E-state index is 3.47. The van der Waals surface area contributed by atoms with E-state index in [2.05, 4.69) is 48.3 Å². The summed E-state index contributed by atoms with van der Waals surface area (Å²) >= 11 is 0. The summed E-state index contributed by atoms with van der Waals surface area (Å²) in [4.78, 5) is 2.62. The Morgan fingerprint density at radius 1 is 1.00 bits per heavy atom. The number of nitrogens with one attached hydrogen (secondary N) is 1. The molecule has 1 saturated heterocycles. The molecule has 2 rings (SSSR count). The van der Waals surface area contributed by atoms with Crippen LogP contribution in [0.25, 0.3) is 0 Å². The molecule has 1 heterocycles. The van der Waals surface area contributed by atoms with Gasteiger partial charge in [-0.2, -0.15) is 0 Å². The van der Waals surface area contributed by atoms with E-state index in [1.165, 1.54) is 49.9 Å². The number of benzene rings is 1. The van der Waals surface area contributed by atoms with Crippen molar-refractivity contribution in [2.75, 3.05) is 26.2 Å². The topological polar surface area (TPSA) is 15.3 Å². The summed E-state index contributed by atoms with van der Waals surface area (Å²) in [6.45, 7) is 10.5. The summed E-state index contributed by atoms with van der Waals surface area (Å²) in [5, 5.41) is 3.47. The molecule has 2 nitrogen and oxygen atoms in total. The first kappa shape index (κ1) is 16.5. The highest BCUT2D eigenvalue weighted by atomic mass is 15.1. The third-order valence-electron chi connectivity index (χ3n) is 4.73. The molecule has 0 radical (unpaired) electrons. The van der Waals surface area contributed by atoms with E-state index in [0.717, 1.165) is 32.0 Å². The Balaban J connectivity index is 1.72. The van der Waals surface area contributed by atoms with Crippen LogP contribution in [0, 0.1) is 5.92 Å². The van der Waals surface area contributed by atoms with Crippen LogP contribution in [0.2, 0.25) is 0 Å². The lowest BCUT2D eigenvalue weighted by Gasteiger charge is -2.31. The Hall–Kier alpha value is -0.860. The van der Waals surface area contributed by atoms with Crippen molar-refractivity contribution in [3.05, 3.63) is 35.4 Å². The predicted molar refractivity (Wildman–Crippen MR) is 91.6 cm³/mol. The van der Waals surface area contributed by atoms with E-state index in [9.17, 15) is 0 Å². The monoisotopic (exact) mass is 288 g/mol. The molecule has 0 spiro atoms. The van der Waals surface area contributed by atoms with Crippen LogP contribution >= 0.6 is 0 Å². The Bertz CT molecular complexity index is 377. The molecule has 0 bridgehead atoms. The molecule has 118 valence electrons. The molecular formula is C19H32N2. The number of piperidine rings is 1. The molecule has 0 atom stereocenters. The van der Waals surface area contributed by atoms with Crippen LogP contribution in [0.15, 0.2) is 24.3 Å². The maximum atomic E-state index is 3.47. The van der Waals surface area contributed by atoms with Gasteiger partial charge in [-0.25, -0.2) is 0 Å². The van der Waals surface area contributed by atoms with E-state index >= 15 is 0 Å². The number of likely N-dealkylation sites (tertiary alicyclic amines) is 1. The Kier molecular flexibility index (Phi) is 7.25. The van der Waals surface area contributed by atoms with Crippen molar-refractivity contribution in [1.82, 2.24) is 10.2 Å². The van der Waals surface area contributed by atoms with Gasteiger partial charge in [-0.1, -0.05) is 44.5 Å². The lowest BCUT2D eigenvalue weighted by molar-refractivity contribution is 0.175. The number of nitrogens with zero attached hydrogens (tertiary/aromatic N) is 1. The molecule has 0 aromatic heterocycles. The van der Waals surface area contributed by atoms with Crippen molar-refractivity contribution in [2.24, 2.45) is 5.92 Å². The molecule has 1 aliphatic heterocycles. The SMILES string of the molecule is CCCNCCc1ccc(CN2CCC(CC)CC2)cc1. The standard InChI is InChI=1S/C19H32N2/c1-3-12-20-13-9-18-5-7-19(8-6-18)16-21-14-10-17(4-2)11-15-21/h5-8,17,20H,3-4,9-16H2,1-2H3. The quantitative estimate of drug-likeness (QED) is 0.731. The van der Waals surface area contributed by atoms with Crippen molar-refractivity contribution in [2.45, 2.75) is 52.5 Å². The zero-order chi connectivity index (χ0) is 14.9. The van der Waals surface area contributed by atoms with Crippen LogP contribution in [0.5, 0.6) is 0 Å². The maximum Gasteiger partial charge on any atom is 0.0233 e. The fourth-order valence-electron chi connectivity index (χ4n) is 3.16. The van der Waals surface area contributed by atoms with E-state index in [0.29, 0.717) is 0 Å². The molecule has 0 aliphatic carbocycles. The van der Waals surface area contributed by atoms with Gasteiger partial charge in [0.25, 0.3) is 0 Å². The molecule has 1 aromatic carbocycles. The van der Waals surface area contributed by atoms with Crippen LogP contribution in [0.1, 0.15) is 50.7 Å². The van der Waals surface area contributed by atoms with Crippen LogP contribution in [0.4, 0.5) is 0 Å². The minimum atomic E-state index is 0.972. The summed E-state index contributed by atoms with van der Waals surface area (Å²) in [5.41, 5.74) is 2.92. The van der Waals surface area contributed by atoms with Gasteiger partial charge in [0.05, 0.1) is 0 Å². The summed E-state index contributed by atoms with van der Waals surface area (Å²) in [5.74, 6) is 0.972. The minimum Gasteiger partial charge on any atom is -0.316 e. The second kappa shape index (κ2) is 9.22. The minimum absolute atomic E-state index is 0.972. The van der Waals surface area contributed by atoms with E-state index in [4.69, 9.17) is 0 Å². The first-order chi connectivity index (χ1) is 10.3. The molecule has 0 unspecified atom stereocenters. The van der Waals surface area contributed by atoms with Gasteiger partial charge in [0.15, 0.2) is 0 Å². The lowest BCUT2D eigenvalue weighted by atomic mass is 9.94. The van der Waals surface area contributed by atoms with Crippen molar-refractivity contribution < 1.29 is 0 Å². The lowest BCUT2D eigenvalue weighted by Crippen LogP contribution is -2.32. The van der Waals surface area contributed by atoms with Gasteiger partial charge in [0.1, 0.15) is 0 Å². The smallest absolute Gasteiger partial charge is 0.0233 e. The molecular weight excluding hydrogens is 256 g/mol. The van der Waals surface area contributed by atoms with E-state index in [1.54, 1.807) is 0 Å². The molecule has 1 aliphatic rings. The fraction of sp³-hybridized carbons (Fsp3) is 0.684. The summed E-state index contributed by atoms with van der Waals surface area (Å²) < 4.78 is 0. The van der Waals surface area contributed by atoms with Crippen molar-refractivity contribution in [1.29, 1.82) is 0 Å². The number of rotatable bonds is 8. The second-order valence-electron chi connectivity index (χ2n) is 6.44. The average Bonchev–Trinajstić information content (AvgIpc) is 2.54. The fourth-order valence-corrected chi connectivity index (χ4v) is 3.16. The van der Waals surface area contributed by atoms with Crippen molar-refractivity contribution in [3.8, 4) is 0 Å². The summed E-state index contributed by atoms with van der Waals surface area (Å²) in [7, 11) is 0. The van der Waals surface area contributed by atoms with Crippen molar-refractivity contribution in [3.63, 3.8) is 0 Å². The molecule has 0 amide bonds. The normalized spacial score (nSPS) is 17.2.